The smallest absolute Gasteiger partial charge is 0.255 e. The van der Waals surface area contributed by atoms with Crippen LogP contribution in [0.25, 0.3) is 11.4 Å². The average molecular weight is 438 g/mol. The lowest BCUT2D eigenvalue weighted by Crippen LogP contribution is -2.12. The molecule has 0 bridgehead atoms. The molecule has 1 saturated heterocycles. The van der Waals surface area contributed by atoms with Gasteiger partial charge in [-0.05, 0) is 55.4 Å². The van der Waals surface area contributed by atoms with Gasteiger partial charge < -0.3 is 10.6 Å². The van der Waals surface area contributed by atoms with Gasteiger partial charge in [-0.15, -0.1) is 0 Å². The Morgan fingerprint density at radius 3 is 2.55 bits per heavy atom. The van der Waals surface area contributed by atoms with Crippen LogP contribution in [0.3, 0.4) is 0 Å². The molecule has 164 valence electrons. The van der Waals surface area contributed by atoms with Crippen molar-refractivity contribution in [3.63, 3.8) is 0 Å². The Labute approximate surface area is 191 Å². The van der Waals surface area contributed by atoms with Crippen molar-refractivity contribution in [1.29, 1.82) is 0 Å². The summed E-state index contributed by atoms with van der Waals surface area (Å²) < 4.78 is 0. The maximum atomic E-state index is 12.8. The number of aromatic nitrogens is 4. The van der Waals surface area contributed by atoms with Gasteiger partial charge in [0.1, 0.15) is 5.69 Å². The molecular weight excluding hydrogens is 414 g/mol. The topological polar surface area (TPSA) is 95.7 Å². The molecule has 8 heteroatoms. The minimum absolute atomic E-state index is 0.151. The zero-order valence-electron chi connectivity index (χ0n) is 18.4. The van der Waals surface area contributed by atoms with E-state index < -0.39 is 0 Å². The van der Waals surface area contributed by atoms with Crippen LogP contribution in [0.2, 0.25) is 0 Å². The standard InChI is InChI=1S/C25H23N7O/c1-16-3-8-19(29-24(33)18-6-4-17(5-7-18)23-15-32(23)2)13-21(16)31-25-28-10-9-20(30-25)22-14-26-11-12-27-22/h3-14,23H,15H2,1-2H3,(H,29,33)(H,28,30,31). The van der Waals surface area contributed by atoms with Crippen LogP contribution >= 0.6 is 0 Å². The number of aryl methyl sites for hydroxylation is 1. The molecule has 2 unspecified atom stereocenters. The Bertz CT molecular complexity index is 1290. The van der Waals surface area contributed by atoms with Crippen molar-refractivity contribution >= 4 is 23.2 Å². The third kappa shape index (κ3) is 4.70. The molecule has 2 aromatic heterocycles. The van der Waals surface area contributed by atoms with E-state index in [0.717, 1.165) is 17.8 Å². The molecule has 0 spiro atoms. The highest BCUT2D eigenvalue weighted by molar-refractivity contribution is 6.04. The van der Waals surface area contributed by atoms with Crippen LogP contribution in [0, 0.1) is 6.92 Å². The van der Waals surface area contributed by atoms with Gasteiger partial charge in [0.05, 0.1) is 11.9 Å². The highest BCUT2D eigenvalue weighted by Gasteiger charge is 2.30. The third-order valence-electron chi connectivity index (χ3n) is 5.64. The number of carbonyl (C=O) groups excluding carboxylic acids is 1. The average Bonchev–Trinajstić information content (AvgIpc) is 3.58. The lowest BCUT2D eigenvalue weighted by atomic mass is 10.1. The second kappa shape index (κ2) is 8.76. The SMILES string of the molecule is Cc1ccc(NC(=O)c2ccc(C3CN3C)cc2)cc1Nc1nccc(-c2cnccn2)n1. The van der Waals surface area contributed by atoms with Crippen LogP contribution in [-0.4, -0.2) is 44.3 Å². The van der Waals surface area contributed by atoms with Crippen molar-refractivity contribution in [2.45, 2.75) is 13.0 Å². The van der Waals surface area contributed by atoms with E-state index in [2.05, 4.69) is 42.5 Å². The van der Waals surface area contributed by atoms with Crippen LogP contribution in [0.4, 0.5) is 17.3 Å². The molecule has 5 rings (SSSR count). The first-order valence-corrected chi connectivity index (χ1v) is 10.7. The molecule has 2 atom stereocenters. The first-order valence-electron chi connectivity index (χ1n) is 10.7. The van der Waals surface area contributed by atoms with E-state index in [1.54, 1.807) is 30.9 Å². The summed E-state index contributed by atoms with van der Waals surface area (Å²) in [5, 5.41) is 6.21. The van der Waals surface area contributed by atoms with Gasteiger partial charge in [-0.1, -0.05) is 18.2 Å². The zero-order valence-corrected chi connectivity index (χ0v) is 18.4. The summed E-state index contributed by atoms with van der Waals surface area (Å²) in [6, 6.07) is 15.7. The maximum Gasteiger partial charge on any atom is 0.255 e. The molecule has 0 aliphatic carbocycles. The molecule has 1 aliphatic rings. The summed E-state index contributed by atoms with van der Waals surface area (Å²) in [6.45, 7) is 3.05. The van der Waals surface area contributed by atoms with E-state index in [-0.39, 0.29) is 5.91 Å². The molecule has 0 radical (unpaired) electrons. The summed E-state index contributed by atoms with van der Waals surface area (Å²) in [4.78, 5) is 32.2. The van der Waals surface area contributed by atoms with Gasteiger partial charge in [-0.25, -0.2) is 9.97 Å². The van der Waals surface area contributed by atoms with Crippen molar-refractivity contribution in [1.82, 2.24) is 24.8 Å². The minimum atomic E-state index is -0.151. The van der Waals surface area contributed by atoms with Crippen LogP contribution in [-0.2, 0) is 0 Å². The van der Waals surface area contributed by atoms with Gasteiger partial charge in [-0.2, -0.15) is 0 Å². The summed E-state index contributed by atoms with van der Waals surface area (Å²) in [7, 11) is 2.09. The van der Waals surface area contributed by atoms with Crippen LogP contribution < -0.4 is 10.6 Å². The number of nitrogens with one attached hydrogen (secondary N) is 2. The monoisotopic (exact) mass is 437 g/mol. The fourth-order valence-electron chi connectivity index (χ4n) is 3.59. The van der Waals surface area contributed by atoms with E-state index in [9.17, 15) is 4.79 Å². The molecule has 8 nitrogen and oxygen atoms in total. The Kier molecular flexibility index (Phi) is 5.50. The van der Waals surface area contributed by atoms with Gasteiger partial charge in [-0.3, -0.25) is 19.7 Å². The summed E-state index contributed by atoms with van der Waals surface area (Å²) in [5.41, 5.74) is 5.68. The molecule has 1 aliphatic heterocycles. The summed E-state index contributed by atoms with van der Waals surface area (Å²) in [5.74, 6) is 0.284. The number of nitrogens with zero attached hydrogens (tertiary/aromatic N) is 5. The van der Waals surface area contributed by atoms with Gasteiger partial charge >= 0.3 is 0 Å². The van der Waals surface area contributed by atoms with Crippen molar-refractivity contribution in [2.75, 3.05) is 24.2 Å². The summed E-state index contributed by atoms with van der Waals surface area (Å²) >= 11 is 0. The van der Waals surface area contributed by atoms with E-state index in [0.29, 0.717) is 34.6 Å². The second-order valence-corrected chi connectivity index (χ2v) is 8.04. The van der Waals surface area contributed by atoms with Crippen LogP contribution in [0.1, 0.15) is 27.5 Å². The Balaban J connectivity index is 1.31. The summed E-state index contributed by atoms with van der Waals surface area (Å²) in [6.07, 6.45) is 6.57. The largest absolute Gasteiger partial charge is 0.324 e. The molecule has 2 N–H and O–H groups in total. The fraction of sp³-hybridized carbons (Fsp3) is 0.160. The lowest BCUT2D eigenvalue weighted by Gasteiger charge is -2.12. The zero-order chi connectivity index (χ0) is 22.8. The number of benzene rings is 2. The van der Waals surface area contributed by atoms with E-state index in [4.69, 9.17) is 0 Å². The van der Waals surface area contributed by atoms with Crippen LogP contribution in [0.5, 0.6) is 0 Å². The molecule has 0 saturated carbocycles. The number of likely N-dealkylation sites (N-methyl/N-ethyl adjacent to an activating group) is 1. The second-order valence-electron chi connectivity index (χ2n) is 8.04. The van der Waals surface area contributed by atoms with Crippen molar-refractivity contribution in [3.8, 4) is 11.4 Å². The molecule has 2 aromatic carbocycles. The molecular formula is C25H23N7O. The van der Waals surface area contributed by atoms with Crippen molar-refractivity contribution in [3.05, 3.63) is 90.0 Å². The van der Waals surface area contributed by atoms with Gasteiger partial charge in [0.2, 0.25) is 5.95 Å². The predicted molar refractivity (Wildman–Crippen MR) is 127 cm³/mol. The highest BCUT2D eigenvalue weighted by atomic mass is 16.1. The number of rotatable bonds is 6. The molecule has 3 heterocycles. The highest BCUT2D eigenvalue weighted by Crippen LogP contribution is 2.32. The maximum absolute atomic E-state index is 12.8. The van der Waals surface area contributed by atoms with Gasteiger partial charge in [0, 0.05) is 48.1 Å². The number of carbonyl (C=O) groups is 1. The Morgan fingerprint density at radius 1 is 1.00 bits per heavy atom. The molecule has 4 aromatic rings. The van der Waals surface area contributed by atoms with Gasteiger partial charge in [0.25, 0.3) is 5.91 Å². The van der Waals surface area contributed by atoms with Gasteiger partial charge in [0.15, 0.2) is 0 Å². The number of hydrogen-bond donors (Lipinski definition) is 2. The Morgan fingerprint density at radius 2 is 1.82 bits per heavy atom. The number of anilines is 3. The third-order valence-corrected chi connectivity index (χ3v) is 5.64. The van der Waals surface area contributed by atoms with E-state index in [1.165, 1.54) is 5.56 Å². The fourth-order valence-corrected chi connectivity index (χ4v) is 3.59. The first kappa shape index (κ1) is 20.7. The van der Waals surface area contributed by atoms with Crippen molar-refractivity contribution in [2.24, 2.45) is 0 Å². The van der Waals surface area contributed by atoms with E-state index in [1.807, 2.05) is 49.4 Å². The number of amides is 1. The minimum Gasteiger partial charge on any atom is -0.324 e. The number of hydrogen-bond acceptors (Lipinski definition) is 7. The Hall–Kier alpha value is -4.17. The lowest BCUT2D eigenvalue weighted by molar-refractivity contribution is 0.102. The van der Waals surface area contributed by atoms with Crippen LogP contribution in [0.15, 0.2) is 73.3 Å². The normalized spacial score (nSPS) is 16.8. The van der Waals surface area contributed by atoms with Crippen molar-refractivity contribution < 1.29 is 4.79 Å². The van der Waals surface area contributed by atoms with E-state index >= 15 is 0 Å². The first-order chi connectivity index (χ1) is 16.1. The molecule has 33 heavy (non-hydrogen) atoms. The molecule has 1 fully saturated rings. The molecule has 1 amide bonds. The quantitative estimate of drug-likeness (QED) is 0.436. The predicted octanol–water partition coefficient (Wildman–Crippen LogP) is 4.22.